The Labute approximate surface area is 555 Å². The zero-order valence-corrected chi connectivity index (χ0v) is 60.2. The van der Waals surface area contributed by atoms with Crippen LogP contribution < -0.4 is 57.3 Å². The summed E-state index contributed by atoms with van der Waals surface area (Å²) in [4.78, 5) is 124. The average molecular weight is 1350 g/mol. The van der Waals surface area contributed by atoms with Gasteiger partial charge in [0.05, 0.1) is 55.2 Å². The number of methoxy groups -OCH3 is 1. The van der Waals surface area contributed by atoms with Gasteiger partial charge in [0.2, 0.25) is 47.3 Å². The number of fused-ring (bicyclic) bond motifs is 1. The predicted molar refractivity (Wildman–Crippen MR) is 352 cm³/mol. The molecular weight excluding hydrogens is 1240 g/mol. The third kappa shape index (κ3) is 26.7. The van der Waals surface area contributed by atoms with Crippen LogP contribution in [0, 0.1) is 43.9 Å². The van der Waals surface area contributed by atoms with Crippen molar-refractivity contribution in [2.75, 3.05) is 33.4 Å². The van der Waals surface area contributed by atoms with Crippen LogP contribution in [0.3, 0.4) is 0 Å². The topological polar surface area (TPSA) is 419 Å². The summed E-state index contributed by atoms with van der Waals surface area (Å²) < 4.78 is 58.4. The molecule has 29 nitrogen and oxygen atoms in total. The van der Waals surface area contributed by atoms with Crippen LogP contribution in [0.2, 0.25) is 0 Å². The zero-order chi connectivity index (χ0) is 72.3. The van der Waals surface area contributed by atoms with E-state index in [0.717, 1.165) is 12.7 Å². The third-order valence-electron chi connectivity index (χ3n) is 15.6. The minimum Gasteiger partial charge on any atom is -0.487 e. The van der Waals surface area contributed by atoms with Gasteiger partial charge in [-0.1, -0.05) is 54.4 Å². The molecule has 1 aliphatic rings. The van der Waals surface area contributed by atoms with E-state index < -0.39 is 171 Å². The summed E-state index contributed by atoms with van der Waals surface area (Å²) in [6.07, 6.45) is -2.62. The molecule has 13 N–H and O–H groups in total. The van der Waals surface area contributed by atoms with Crippen LogP contribution in [-0.2, 0) is 73.7 Å². The molecule has 0 unspecified atom stereocenters. The standard InChI is InChI=1S/C64H111N11O18S/c1-23-34(5)45(72-57(84)48(49(78)33(3)4)74-60(86)93-63(17,18)19)55(82)69-41(26-25-29-66-59(65)75-94(87,88)51-37(8)36(7)50-40(38(51)9)27-28-64(20,21)92-50)52(79)71-46(35(6)24-2)56(83)73-47(39(10)76)54(81)67-30-44(77)68-42(31-90-61(11,12)13)53(80)70-43(58(85)89-22)32-91-62(14,15)16/h33-35,39,41-43,45-49,76,78H,23-32H2,1-22H3,(H,67,81)(H,68,77)(H,69,82)(H,70,80)(H,71,79)(H,72,84)(H,73,83)(H,74,86)(H3,65,66,75)/t34-,35-,39-,41+,42-,43-,45-,46-,47-,48-,49+/m0/s1. The van der Waals surface area contributed by atoms with Crippen LogP contribution >= 0.6 is 0 Å². The van der Waals surface area contributed by atoms with Crippen molar-refractivity contribution in [3.8, 4) is 5.75 Å². The van der Waals surface area contributed by atoms with Crippen LogP contribution in [0.4, 0.5) is 4.79 Å². The molecule has 0 saturated carbocycles. The molecule has 1 aliphatic heterocycles. The first kappa shape index (κ1) is 83.2. The molecule has 0 fully saturated rings. The van der Waals surface area contributed by atoms with Gasteiger partial charge in [0.25, 0.3) is 10.0 Å². The Bertz CT molecular complexity index is 2940. The van der Waals surface area contributed by atoms with Crippen molar-refractivity contribution in [2.24, 2.45) is 17.8 Å². The third-order valence-corrected chi connectivity index (χ3v) is 17.3. The van der Waals surface area contributed by atoms with E-state index in [1.54, 1.807) is 125 Å². The van der Waals surface area contributed by atoms with Gasteiger partial charge < -0.3 is 81.7 Å². The lowest BCUT2D eigenvalue weighted by molar-refractivity contribution is -0.149. The first-order valence-electron chi connectivity index (χ1n) is 32.1. The molecule has 0 bridgehead atoms. The number of aliphatic hydroxyl groups is 2. The highest BCUT2D eigenvalue weighted by atomic mass is 32.2. The summed E-state index contributed by atoms with van der Waals surface area (Å²) in [6, 6.07) is -10.5. The number of carbonyl (C=O) groups is 9. The zero-order valence-electron chi connectivity index (χ0n) is 59.3. The normalized spacial score (nSPS) is 16.7. The number of hydrogen-bond donors (Lipinski definition) is 13. The Balaban J connectivity index is 2.53. The van der Waals surface area contributed by atoms with Gasteiger partial charge in [-0.2, -0.15) is 0 Å². The number of carbonyl (C=O) groups excluding carboxylic acids is 9. The van der Waals surface area contributed by atoms with Gasteiger partial charge >= 0.3 is 12.1 Å². The number of sulfonamides is 1. The molecule has 1 heterocycles. The summed E-state index contributed by atoms with van der Waals surface area (Å²) in [7, 11) is -3.23. The van der Waals surface area contributed by atoms with Crippen LogP contribution in [0.5, 0.6) is 5.75 Å². The SMILES string of the molecule is CC[C@H](C)[C@H](NC(=O)[C@@H](NC(=O)OC(C)(C)C)[C@H](O)C(C)C)C(=O)N[C@H](CCCNC(=N)NS(=O)(=O)c1c(C)c(C)c2c(c1C)CCC(C)(C)O2)C(=O)N[C@H](C(=O)N[C@H](C(=O)NCC(=O)N[C@@H](COC(C)(C)C)C(=O)N[C@@H](COC(C)(C)C)C(=O)OC)[C@H](C)O)[C@@H](C)CC. The van der Waals surface area contributed by atoms with Crippen LogP contribution in [0.25, 0.3) is 0 Å². The van der Waals surface area contributed by atoms with Crippen LogP contribution in [0.15, 0.2) is 4.90 Å². The minimum atomic E-state index is -4.36. The molecule has 11 atom stereocenters. The molecule has 8 amide bonds. The summed E-state index contributed by atoms with van der Waals surface area (Å²) in [6.45, 7) is 33.7. The van der Waals surface area contributed by atoms with E-state index in [0.29, 0.717) is 41.7 Å². The number of ether oxygens (including phenoxy) is 5. The molecule has 0 saturated heterocycles. The molecule has 0 radical (unpaired) electrons. The van der Waals surface area contributed by atoms with E-state index >= 15 is 0 Å². The highest BCUT2D eigenvalue weighted by Gasteiger charge is 2.40. The molecule has 0 aliphatic carbocycles. The lowest BCUT2D eigenvalue weighted by atomic mass is 9.88. The monoisotopic (exact) mass is 1350 g/mol. The Kier molecular flexibility index (Phi) is 31.6. The summed E-state index contributed by atoms with van der Waals surface area (Å²) in [5.41, 5.74) is -0.612. The molecule has 1 aromatic rings. The van der Waals surface area contributed by atoms with Crippen molar-refractivity contribution >= 4 is 69.4 Å². The number of hydrogen-bond acceptors (Lipinski definition) is 19. The average Bonchev–Trinajstić information content (AvgIpc) is 0.747. The van der Waals surface area contributed by atoms with Gasteiger partial charge in [-0.05, 0) is 170 Å². The molecule has 0 aromatic heterocycles. The number of amides is 8. The summed E-state index contributed by atoms with van der Waals surface area (Å²) in [5, 5.41) is 53.7. The highest BCUT2D eigenvalue weighted by molar-refractivity contribution is 7.90. The second kappa shape index (κ2) is 35.7. The van der Waals surface area contributed by atoms with E-state index in [-0.39, 0.29) is 43.9 Å². The van der Waals surface area contributed by atoms with Gasteiger partial charge in [0.15, 0.2) is 6.04 Å². The van der Waals surface area contributed by atoms with E-state index in [4.69, 9.17) is 29.1 Å². The quantitative estimate of drug-likeness (QED) is 0.0208. The smallest absolute Gasteiger partial charge is 0.408 e. The fourth-order valence-electron chi connectivity index (χ4n) is 9.65. The Hall–Kier alpha value is -6.89. The number of esters is 1. The Morgan fingerprint density at radius 1 is 0.617 bits per heavy atom. The maximum absolute atomic E-state index is 14.8. The first-order valence-corrected chi connectivity index (χ1v) is 33.6. The van der Waals surface area contributed by atoms with E-state index in [1.807, 2.05) is 13.8 Å². The lowest BCUT2D eigenvalue weighted by Crippen LogP contribution is -2.63. The van der Waals surface area contributed by atoms with Gasteiger partial charge in [0, 0.05) is 6.54 Å². The fourth-order valence-corrected chi connectivity index (χ4v) is 11.2. The van der Waals surface area contributed by atoms with Crippen molar-refractivity contribution in [3.05, 3.63) is 22.3 Å². The molecule has 2 rings (SSSR count). The van der Waals surface area contributed by atoms with Crippen molar-refractivity contribution in [2.45, 2.75) is 266 Å². The molecule has 30 heteroatoms. The molecule has 0 spiro atoms. The maximum atomic E-state index is 14.8. The predicted octanol–water partition coefficient (Wildman–Crippen LogP) is 2.51. The highest BCUT2D eigenvalue weighted by Crippen LogP contribution is 2.42. The van der Waals surface area contributed by atoms with E-state index in [1.165, 1.54) is 6.92 Å². The van der Waals surface area contributed by atoms with Gasteiger partial charge in [0.1, 0.15) is 53.2 Å². The largest absolute Gasteiger partial charge is 0.487 e. The molecule has 94 heavy (non-hydrogen) atoms. The maximum Gasteiger partial charge on any atom is 0.408 e. The summed E-state index contributed by atoms with van der Waals surface area (Å²) >= 11 is 0. The Morgan fingerprint density at radius 3 is 1.61 bits per heavy atom. The van der Waals surface area contributed by atoms with Crippen LogP contribution in [0.1, 0.15) is 179 Å². The number of aliphatic hydroxyl groups excluding tert-OH is 2. The second-order valence-corrected chi connectivity index (χ2v) is 29.7. The van der Waals surface area contributed by atoms with E-state index in [2.05, 4.69) is 52.6 Å². The Morgan fingerprint density at radius 2 is 1.11 bits per heavy atom. The molecule has 536 valence electrons. The molecular formula is C64H111N11O18S. The van der Waals surface area contributed by atoms with Gasteiger partial charge in [-0.15, -0.1) is 0 Å². The number of benzene rings is 1. The second-order valence-electron chi connectivity index (χ2n) is 28.1. The minimum absolute atomic E-state index is 0.000795. The first-order chi connectivity index (χ1) is 43.1. The summed E-state index contributed by atoms with van der Waals surface area (Å²) in [5.74, 6) is -9.31. The number of rotatable bonds is 33. The fraction of sp³-hybridized carbons (Fsp3) is 0.750. The van der Waals surface area contributed by atoms with Gasteiger partial charge in [-0.3, -0.25) is 39.0 Å². The van der Waals surface area contributed by atoms with Crippen molar-refractivity contribution in [3.63, 3.8) is 0 Å². The number of nitrogens with one attached hydrogen (secondary N) is 11. The number of guanidine groups is 1. The van der Waals surface area contributed by atoms with Crippen molar-refractivity contribution in [1.29, 1.82) is 5.41 Å². The van der Waals surface area contributed by atoms with Crippen LogP contribution in [-0.4, -0.2) is 188 Å². The molecule has 1 aromatic carbocycles. The van der Waals surface area contributed by atoms with Crippen molar-refractivity contribution in [1.82, 2.24) is 52.6 Å². The lowest BCUT2D eigenvalue weighted by Gasteiger charge is -2.35. The van der Waals surface area contributed by atoms with Gasteiger partial charge in [-0.25, -0.2) is 22.7 Å². The van der Waals surface area contributed by atoms with Crippen molar-refractivity contribution < 1.29 is 85.5 Å². The number of alkyl carbamates (subject to hydrolysis) is 1. The van der Waals surface area contributed by atoms with E-state index in [9.17, 15) is 61.8 Å².